The largest absolute Gasteiger partial charge is 0.473 e. The second-order valence-corrected chi connectivity index (χ2v) is 5.27. The highest BCUT2D eigenvalue weighted by atomic mass is 32.1. The zero-order valence-corrected chi connectivity index (χ0v) is 9.06. The van der Waals surface area contributed by atoms with Gasteiger partial charge in [0.2, 0.25) is 0 Å². The van der Waals surface area contributed by atoms with Crippen LogP contribution in [0.5, 0.6) is 5.06 Å². The van der Waals surface area contributed by atoms with Crippen LogP contribution in [0.3, 0.4) is 0 Å². The Hall–Kier alpha value is -0.610. The summed E-state index contributed by atoms with van der Waals surface area (Å²) >= 11 is 1.63. The van der Waals surface area contributed by atoms with Crippen molar-refractivity contribution in [3.05, 3.63) is 11.2 Å². The maximum atomic E-state index is 6.00. The lowest BCUT2D eigenvalue weighted by molar-refractivity contribution is 0.0375. The van der Waals surface area contributed by atoms with Crippen molar-refractivity contribution in [1.29, 1.82) is 0 Å². The van der Waals surface area contributed by atoms with Crippen LogP contribution in [0.2, 0.25) is 0 Å². The summed E-state index contributed by atoms with van der Waals surface area (Å²) in [6.45, 7) is 4.06. The minimum Gasteiger partial charge on any atom is -0.473 e. The van der Waals surface area contributed by atoms with Crippen LogP contribution in [0.25, 0.3) is 0 Å². The molecule has 4 heteroatoms. The number of thiazole rings is 1. The van der Waals surface area contributed by atoms with Gasteiger partial charge < -0.3 is 10.1 Å². The van der Waals surface area contributed by atoms with Gasteiger partial charge in [0.25, 0.3) is 0 Å². The molecule has 0 radical (unpaired) electrons. The third-order valence-electron chi connectivity index (χ3n) is 2.86. The van der Waals surface area contributed by atoms with Crippen LogP contribution in [0.4, 0.5) is 0 Å². The Morgan fingerprint density at radius 1 is 1.57 bits per heavy atom. The van der Waals surface area contributed by atoms with E-state index in [1.807, 2.05) is 5.51 Å². The smallest absolute Gasteiger partial charge is 0.198 e. The minimum absolute atomic E-state index is 0.0101. The predicted octanol–water partition coefficient (Wildman–Crippen LogP) is 1.76. The van der Waals surface area contributed by atoms with E-state index < -0.39 is 0 Å². The summed E-state index contributed by atoms with van der Waals surface area (Å²) in [5.74, 6) is 0.688. The van der Waals surface area contributed by atoms with Crippen LogP contribution in [0.15, 0.2) is 5.51 Å². The van der Waals surface area contributed by atoms with E-state index in [-0.39, 0.29) is 5.60 Å². The molecule has 1 aromatic heterocycles. The molecule has 0 aromatic carbocycles. The molecular formula is C10H14N2OS. The summed E-state index contributed by atoms with van der Waals surface area (Å²) in [4.78, 5) is 4.39. The molecule has 2 aliphatic rings. The molecule has 14 heavy (non-hydrogen) atoms. The topological polar surface area (TPSA) is 34.1 Å². The van der Waals surface area contributed by atoms with E-state index in [0.717, 1.165) is 18.2 Å². The number of hydrogen-bond acceptors (Lipinski definition) is 4. The highest BCUT2D eigenvalue weighted by Crippen LogP contribution is 2.45. The van der Waals surface area contributed by atoms with Gasteiger partial charge in [-0.25, -0.2) is 4.98 Å². The Labute approximate surface area is 87.5 Å². The summed E-state index contributed by atoms with van der Waals surface area (Å²) in [5.41, 5.74) is 3.11. The summed E-state index contributed by atoms with van der Waals surface area (Å²) < 4.78 is 6.00. The minimum atomic E-state index is 0.0101. The number of nitrogens with zero attached hydrogens (tertiary/aromatic N) is 1. The van der Waals surface area contributed by atoms with E-state index in [9.17, 15) is 0 Å². The first kappa shape index (κ1) is 8.68. The van der Waals surface area contributed by atoms with Crippen molar-refractivity contribution in [2.45, 2.75) is 31.3 Å². The van der Waals surface area contributed by atoms with E-state index >= 15 is 0 Å². The van der Waals surface area contributed by atoms with Crippen LogP contribution in [-0.2, 0) is 0 Å². The Morgan fingerprint density at radius 3 is 2.93 bits per heavy atom. The van der Waals surface area contributed by atoms with E-state index in [4.69, 9.17) is 4.74 Å². The van der Waals surface area contributed by atoms with Crippen LogP contribution >= 0.6 is 11.3 Å². The standard InChI is InChI=1S/C10H14N2OS/c1-10(4-11-5-10)13-9-8(7-2-3-7)12-6-14-9/h6-7,11H,2-5H2,1H3. The maximum Gasteiger partial charge on any atom is 0.198 e. The van der Waals surface area contributed by atoms with Gasteiger partial charge in [0, 0.05) is 19.0 Å². The van der Waals surface area contributed by atoms with E-state index in [1.165, 1.54) is 18.5 Å². The molecule has 1 aromatic rings. The molecule has 0 bridgehead atoms. The summed E-state index contributed by atoms with van der Waals surface area (Å²) in [5, 5.41) is 4.29. The lowest BCUT2D eigenvalue weighted by Crippen LogP contribution is -2.61. The third kappa shape index (κ3) is 1.42. The summed E-state index contributed by atoms with van der Waals surface area (Å²) in [6.07, 6.45) is 2.57. The molecular weight excluding hydrogens is 196 g/mol. The maximum absolute atomic E-state index is 6.00. The fourth-order valence-corrected chi connectivity index (χ4v) is 2.57. The first-order chi connectivity index (χ1) is 6.77. The highest BCUT2D eigenvalue weighted by Gasteiger charge is 2.37. The molecule has 1 saturated carbocycles. The Balaban J connectivity index is 1.78. The van der Waals surface area contributed by atoms with Gasteiger partial charge in [0.05, 0.1) is 11.2 Å². The first-order valence-electron chi connectivity index (χ1n) is 5.10. The van der Waals surface area contributed by atoms with E-state index in [1.54, 1.807) is 11.3 Å². The quantitative estimate of drug-likeness (QED) is 0.825. The number of nitrogens with one attached hydrogen (secondary N) is 1. The normalized spacial score (nSPS) is 24.4. The van der Waals surface area contributed by atoms with Gasteiger partial charge in [0.15, 0.2) is 5.06 Å². The van der Waals surface area contributed by atoms with Crippen molar-refractivity contribution >= 4 is 11.3 Å². The Bertz CT molecular complexity index is 342. The lowest BCUT2D eigenvalue weighted by Gasteiger charge is -2.38. The van der Waals surface area contributed by atoms with Crippen LogP contribution in [0, 0.1) is 0 Å². The molecule has 1 N–H and O–H groups in total. The Morgan fingerprint density at radius 2 is 2.36 bits per heavy atom. The van der Waals surface area contributed by atoms with Crippen molar-refractivity contribution in [2.24, 2.45) is 0 Å². The van der Waals surface area contributed by atoms with Gasteiger partial charge in [-0.1, -0.05) is 11.3 Å². The highest BCUT2D eigenvalue weighted by molar-refractivity contribution is 7.11. The number of hydrogen-bond donors (Lipinski definition) is 1. The number of ether oxygens (including phenoxy) is 1. The molecule has 76 valence electrons. The fraction of sp³-hybridized carbons (Fsp3) is 0.700. The van der Waals surface area contributed by atoms with Crippen molar-refractivity contribution in [3.63, 3.8) is 0 Å². The first-order valence-corrected chi connectivity index (χ1v) is 5.98. The fourth-order valence-electron chi connectivity index (χ4n) is 1.72. The van der Waals surface area contributed by atoms with Crippen LogP contribution < -0.4 is 10.1 Å². The second-order valence-electron chi connectivity index (χ2n) is 4.45. The molecule has 0 spiro atoms. The van der Waals surface area contributed by atoms with Crippen molar-refractivity contribution in [3.8, 4) is 5.06 Å². The van der Waals surface area contributed by atoms with Gasteiger partial charge >= 0.3 is 0 Å². The molecule has 0 amide bonds. The van der Waals surface area contributed by atoms with E-state index in [2.05, 4.69) is 17.2 Å². The lowest BCUT2D eigenvalue weighted by atomic mass is 10.0. The molecule has 2 heterocycles. The van der Waals surface area contributed by atoms with Gasteiger partial charge in [-0.2, -0.15) is 0 Å². The van der Waals surface area contributed by atoms with Gasteiger partial charge in [-0.3, -0.25) is 0 Å². The monoisotopic (exact) mass is 210 g/mol. The van der Waals surface area contributed by atoms with Gasteiger partial charge in [-0.15, -0.1) is 0 Å². The van der Waals surface area contributed by atoms with Crippen molar-refractivity contribution in [2.75, 3.05) is 13.1 Å². The molecule has 1 aliphatic heterocycles. The van der Waals surface area contributed by atoms with E-state index in [0.29, 0.717) is 5.92 Å². The third-order valence-corrected chi connectivity index (χ3v) is 3.58. The summed E-state index contributed by atoms with van der Waals surface area (Å²) in [6, 6.07) is 0. The zero-order valence-electron chi connectivity index (χ0n) is 8.25. The molecule has 0 unspecified atom stereocenters. The Kier molecular flexibility index (Phi) is 1.82. The molecule has 1 saturated heterocycles. The van der Waals surface area contributed by atoms with Gasteiger partial charge in [0.1, 0.15) is 5.60 Å². The van der Waals surface area contributed by atoms with Crippen molar-refractivity contribution in [1.82, 2.24) is 10.3 Å². The molecule has 2 fully saturated rings. The van der Waals surface area contributed by atoms with Crippen LogP contribution in [0.1, 0.15) is 31.4 Å². The predicted molar refractivity (Wildman–Crippen MR) is 56.0 cm³/mol. The average Bonchev–Trinajstić information content (AvgIpc) is 2.86. The summed E-state index contributed by atoms with van der Waals surface area (Å²) in [7, 11) is 0. The number of aromatic nitrogens is 1. The van der Waals surface area contributed by atoms with Crippen LogP contribution in [-0.4, -0.2) is 23.7 Å². The SMILES string of the molecule is CC1(Oc2scnc2C2CC2)CNC1. The average molecular weight is 210 g/mol. The zero-order chi connectivity index (χ0) is 9.60. The molecule has 3 nitrogen and oxygen atoms in total. The van der Waals surface area contributed by atoms with Gasteiger partial charge in [-0.05, 0) is 19.8 Å². The second kappa shape index (κ2) is 2.94. The molecule has 0 atom stereocenters. The number of rotatable bonds is 3. The van der Waals surface area contributed by atoms with Crippen molar-refractivity contribution < 1.29 is 4.74 Å². The molecule has 3 rings (SSSR count). The molecule has 1 aliphatic carbocycles.